The summed E-state index contributed by atoms with van der Waals surface area (Å²) in [5.74, 6) is 0. The molecule has 0 saturated carbocycles. The fourth-order valence-electron chi connectivity index (χ4n) is 2.31. The summed E-state index contributed by atoms with van der Waals surface area (Å²) in [6.07, 6.45) is 2.20. The van der Waals surface area contributed by atoms with E-state index in [1.165, 1.54) is 0 Å². The lowest BCUT2D eigenvalue weighted by Crippen LogP contribution is -2.33. The predicted octanol–water partition coefficient (Wildman–Crippen LogP) is 2.12. The molecule has 1 unspecified atom stereocenters. The molecule has 4 N–H and O–H groups in total. The van der Waals surface area contributed by atoms with E-state index in [2.05, 4.69) is 34.6 Å². The molecule has 0 aliphatic heterocycles. The molecular weight excluding hydrogens is 160 g/mol. The molecule has 0 spiro atoms. The first-order valence-corrected chi connectivity index (χ1v) is 5.14. The molecular formula is C11H26N2. The van der Waals surface area contributed by atoms with Gasteiger partial charge in [0, 0.05) is 6.04 Å². The molecule has 0 aliphatic carbocycles. The first kappa shape index (κ1) is 12.9. The van der Waals surface area contributed by atoms with Gasteiger partial charge in [-0.2, -0.15) is 0 Å². The normalized spacial score (nSPS) is 15.9. The molecule has 0 fully saturated rings. The zero-order valence-corrected chi connectivity index (χ0v) is 9.85. The molecule has 80 valence electrons. The molecule has 0 aromatic rings. The van der Waals surface area contributed by atoms with E-state index in [-0.39, 0.29) is 11.5 Å². The zero-order valence-electron chi connectivity index (χ0n) is 9.85. The van der Waals surface area contributed by atoms with Crippen molar-refractivity contribution >= 4 is 0 Å². The van der Waals surface area contributed by atoms with Gasteiger partial charge in [0.2, 0.25) is 0 Å². The summed E-state index contributed by atoms with van der Waals surface area (Å²) in [7, 11) is 0. The molecule has 2 heteroatoms. The highest BCUT2D eigenvalue weighted by molar-refractivity contribution is 4.81. The highest BCUT2D eigenvalue weighted by Gasteiger charge is 2.28. The third kappa shape index (κ3) is 6.05. The standard InChI is InChI=1S/C11H26N2/c1-9(13)6-10(2,3)7-11(4,5)8-12/h9H,6-8,12-13H2,1-5H3. The minimum atomic E-state index is 0.235. The number of nitrogens with two attached hydrogens (primary N) is 2. The van der Waals surface area contributed by atoms with Gasteiger partial charge in [-0.25, -0.2) is 0 Å². The Bertz CT molecular complexity index is 148. The Hall–Kier alpha value is -0.0800. The lowest BCUT2D eigenvalue weighted by Gasteiger charge is -2.35. The van der Waals surface area contributed by atoms with Crippen molar-refractivity contribution in [1.29, 1.82) is 0 Å². The fourth-order valence-corrected chi connectivity index (χ4v) is 2.31. The van der Waals surface area contributed by atoms with Crippen molar-refractivity contribution in [3.8, 4) is 0 Å². The van der Waals surface area contributed by atoms with Crippen molar-refractivity contribution in [2.45, 2.75) is 53.5 Å². The molecule has 0 heterocycles. The molecule has 0 aromatic heterocycles. The SMILES string of the molecule is CC(N)CC(C)(C)CC(C)(C)CN. The average Bonchev–Trinajstić information content (AvgIpc) is 1.81. The van der Waals surface area contributed by atoms with Gasteiger partial charge in [-0.15, -0.1) is 0 Å². The topological polar surface area (TPSA) is 52.0 Å². The van der Waals surface area contributed by atoms with Crippen LogP contribution in [0.3, 0.4) is 0 Å². The smallest absolute Gasteiger partial charge is 0.00155 e. The van der Waals surface area contributed by atoms with E-state index in [0.29, 0.717) is 5.41 Å². The summed E-state index contributed by atoms with van der Waals surface area (Å²) < 4.78 is 0. The summed E-state index contributed by atoms with van der Waals surface area (Å²) in [6, 6.07) is 0.281. The first-order valence-electron chi connectivity index (χ1n) is 5.14. The van der Waals surface area contributed by atoms with Crippen molar-refractivity contribution in [2.24, 2.45) is 22.3 Å². The van der Waals surface area contributed by atoms with Gasteiger partial charge in [0.05, 0.1) is 0 Å². The van der Waals surface area contributed by atoms with Crippen LogP contribution in [0.5, 0.6) is 0 Å². The highest BCUT2D eigenvalue weighted by atomic mass is 14.6. The van der Waals surface area contributed by atoms with Gasteiger partial charge in [0.1, 0.15) is 0 Å². The fraction of sp³-hybridized carbons (Fsp3) is 1.00. The van der Waals surface area contributed by atoms with E-state index in [9.17, 15) is 0 Å². The summed E-state index contributed by atoms with van der Waals surface area (Å²) in [5.41, 5.74) is 12.1. The van der Waals surface area contributed by atoms with Crippen molar-refractivity contribution in [3.63, 3.8) is 0 Å². The summed E-state index contributed by atoms with van der Waals surface area (Å²) in [6.45, 7) is 11.8. The second-order valence-electron chi connectivity index (χ2n) is 5.89. The second kappa shape index (κ2) is 4.43. The van der Waals surface area contributed by atoms with Crippen LogP contribution in [0.4, 0.5) is 0 Å². The number of hydrogen-bond acceptors (Lipinski definition) is 2. The van der Waals surface area contributed by atoms with E-state index in [1.54, 1.807) is 0 Å². The summed E-state index contributed by atoms with van der Waals surface area (Å²) in [4.78, 5) is 0. The average molecular weight is 186 g/mol. The molecule has 0 radical (unpaired) electrons. The number of rotatable bonds is 5. The Morgan fingerprint density at radius 1 is 1.08 bits per heavy atom. The molecule has 2 nitrogen and oxygen atoms in total. The quantitative estimate of drug-likeness (QED) is 0.691. The lowest BCUT2D eigenvalue weighted by molar-refractivity contribution is 0.180. The van der Waals surface area contributed by atoms with Crippen LogP contribution >= 0.6 is 0 Å². The Morgan fingerprint density at radius 3 is 1.85 bits per heavy atom. The van der Waals surface area contributed by atoms with E-state index in [4.69, 9.17) is 11.5 Å². The molecule has 0 aliphatic rings. The van der Waals surface area contributed by atoms with Gasteiger partial charge < -0.3 is 11.5 Å². The van der Waals surface area contributed by atoms with Gasteiger partial charge >= 0.3 is 0 Å². The second-order valence-corrected chi connectivity index (χ2v) is 5.89. The van der Waals surface area contributed by atoms with Gasteiger partial charge in [-0.3, -0.25) is 0 Å². The lowest BCUT2D eigenvalue weighted by atomic mass is 9.72. The Balaban J connectivity index is 4.16. The minimum Gasteiger partial charge on any atom is -0.330 e. The van der Waals surface area contributed by atoms with E-state index >= 15 is 0 Å². The molecule has 0 bridgehead atoms. The van der Waals surface area contributed by atoms with Gasteiger partial charge in [0.15, 0.2) is 0 Å². The van der Waals surface area contributed by atoms with Crippen LogP contribution in [0, 0.1) is 10.8 Å². The van der Waals surface area contributed by atoms with Crippen LogP contribution in [-0.2, 0) is 0 Å². The predicted molar refractivity (Wildman–Crippen MR) is 59.5 cm³/mol. The third-order valence-corrected chi connectivity index (χ3v) is 2.38. The molecule has 1 atom stereocenters. The zero-order chi connectivity index (χ0) is 10.7. The van der Waals surface area contributed by atoms with E-state index < -0.39 is 0 Å². The monoisotopic (exact) mass is 186 g/mol. The maximum atomic E-state index is 5.81. The Morgan fingerprint density at radius 2 is 1.54 bits per heavy atom. The van der Waals surface area contributed by atoms with Gasteiger partial charge in [-0.05, 0) is 37.1 Å². The Labute approximate surface area is 83.1 Å². The number of hydrogen-bond donors (Lipinski definition) is 2. The maximum absolute atomic E-state index is 5.81. The largest absolute Gasteiger partial charge is 0.330 e. The van der Waals surface area contributed by atoms with Crippen molar-refractivity contribution in [3.05, 3.63) is 0 Å². The van der Waals surface area contributed by atoms with Crippen LogP contribution in [0.15, 0.2) is 0 Å². The third-order valence-electron chi connectivity index (χ3n) is 2.38. The van der Waals surface area contributed by atoms with E-state index in [1.807, 2.05) is 0 Å². The van der Waals surface area contributed by atoms with Crippen molar-refractivity contribution < 1.29 is 0 Å². The summed E-state index contributed by atoms with van der Waals surface area (Å²) >= 11 is 0. The molecule has 0 rings (SSSR count). The molecule has 13 heavy (non-hydrogen) atoms. The molecule has 0 aromatic carbocycles. The summed E-state index contributed by atoms with van der Waals surface area (Å²) in [5, 5.41) is 0. The van der Waals surface area contributed by atoms with Crippen LogP contribution in [0.1, 0.15) is 47.5 Å². The van der Waals surface area contributed by atoms with Crippen molar-refractivity contribution in [1.82, 2.24) is 0 Å². The molecule has 0 saturated heterocycles. The first-order chi connectivity index (χ1) is 5.68. The van der Waals surface area contributed by atoms with Gasteiger partial charge in [-0.1, -0.05) is 27.7 Å². The van der Waals surface area contributed by atoms with E-state index in [0.717, 1.165) is 19.4 Å². The molecule has 0 amide bonds. The maximum Gasteiger partial charge on any atom is 0.00155 e. The highest BCUT2D eigenvalue weighted by Crippen LogP contribution is 2.35. The van der Waals surface area contributed by atoms with Gasteiger partial charge in [0.25, 0.3) is 0 Å². The minimum absolute atomic E-state index is 0.235. The Kier molecular flexibility index (Phi) is 4.40. The van der Waals surface area contributed by atoms with Crippen LogP contribution < -0.4 is 11.5 Å². The van der Waals surface area contributed by atoms with Crippen LogP contribution in [-0.4, -0.2) is 12.6 Å². The van der Waals surface area contributed by atoms with Crippen molar-refractivity contribution in [2.75, 3.05) is 6.54 Å². The van der Waals surface area contributed by atoms with Crippen LogP contribution in [0.25, 0.3) is 0 Å². The van der Waals surface area contributed by atoms with Crippen LogP contribution in [0.2, 0.25) is 0 Å².